The van der Waals surface area contributed by atoms with Gasteiger partial charge in [0.2, 0.25) is 5.91 Å². The van der Waals surface area contributed by atoms with Gasteiger partial charge in [0.1, 0.15) is 0 Å². The molecule has 1 saturated heterocycles. The normalized spacial score (nSPS) is 35.9. The van der Waals surface area contributed by atoms with Gasteiger partial charge in [-0.15, -0.1) is 0 Å². The highest BCUT2D eigenvalue weighted by molar-refractivity contribution is 5.84. The lowest BCUT2D eigenvalue weighted by molar-refractivity contribution is -0.141. The van der Waals surface area contributed by atoms with Crippen LogP contribution in [0.2, 0.25) is 0 Å². The van der Waals surface area contributed by atoms with E-state index in [0.717, 1.165) is 13.0 Å². The summed E-state index contributed by atoms with van der Waals surface area (Å²) in [6.07, 6.45) is 5.08. The number of nitrogens with two attached hydrogens (primary N) is 1. The molecule has 1 amide bonds. The van der Waals surface area contributed by atoms with Crippen molar-refractivity contribution < 1.29 is 9.53 Å². The van der Waals surface area contributed by atoms with Crippen LogP contribution in [0, 0.1) is 5.41 Å². The second-order valence-corrected chi connectivity index (χ2v) is 4.55. The molecule has 2 heterocycles. The van der Waals surface area contributed by atoms with Gasteiger partial charge in [0.15, 0.2) is 0 Å². The first kappa shape index (κ1) is 10.6. The monoisotopic (exact) mass is 210 g/mol. The Morgan fingerprint density at radius 3 is 2.93 bits per heavy atom. The van der Waals surface area contributed by atoms with E-state index in [0.29, 0.717) is 19.8 Å². The van der Waals surface area contributed by atoms with Crippen molar-refractivity contribution in [2.45, 2.75) is 19.4 Å². The molecule has 2 aliphatic heterocycles. The molecule has 4 heteroatoms. The molecule has 2 aliphatic rings. The second kappa shape index (κ2) is 3.94. The molecule has 0 aromatic rings. The largest absolute Gasteiger partial charge is 0.379 e. The van der Waals surface area contributed by atoms with Crippen LogP contribution in [0.5, 0.6) is 0 Å². The minimum Gasteiger partial charge on any atom is -0.379 e. The molecule has 0 saturated carbocycles. The molecule has 2 rings (SSSR count). The fraction of sp³-hybridized carbons (Fsp3) is 0.727. The average Bonchev–Trinajstić information content (AvgIpc) is 2.61. The standard InChI is InChI=1S/C11H18N2O2/c1-11(8-15-7-9(11)12)10(14)13-5-3-2-4-6-13/h2-3,9H,4-8,12H2,1H3. The van der Waals surface area contributed by atoms with Crippen LogP contribution >= 0.6 is 0 Å². The van der Waals surface area contributed by atoms with Crippen molar-refractivity contribution in [1.29, 1.82) is 0 Å². The summed E-state index contributed by atoms with van der Waals surface area (Å²) in [6.45, 7) is 4.36. The molecular formula is C11H18N2O2. The Morgan fingerprint density at radius 1 is 1.60 bits per heavy atom. The molecule has 0 spiro atoms. The lowest BCUT2D eigenvalue weighted by Gasteiger charge is -2.33. The van der Waals surface area contributed by atoms with Crippen LogP contribution in [0.15, 0.2) is 12.2 Å². The summed E-state index contributed by atoms with van der Waals surface area (Å²) in [5, 5.41) is 0. The third-order valence-electron chi connectivity index (χ3n) is 3.35. The van der Waals surface area contributed by atoms with Gasteiger partial charge < -0.3 is 15.4 Å². The van der Waals surface area contributed by atoms with Gasteiger partial charge in [0, 0.05) is 19.1 Å². The Labute approximate surface area is 90.1 Å². The molecule has 0 radical (unpaired) electrons. The van der Waals surface area contributed by atoms with Crippen LogP contribution in [-0.4, -0.2) is 43.2 Å². The molecule has 2 N–H and O–H groups in total. The fourth-order valence-electron chi connectivity index (χ4n) is 2.10. The van der Waals surface area contributed by atoms with E-state index in [1.165, 1.54) is 0 Å². The first-order chi connectivity index (χ1) is 7.14. The van der Waals surface area contributed by atoms with E-state index < -0.39 is 5.41 Å². The number of rotatable bonds is 1. The van der Waals surface area contributed by atoms with Gasteiger partial charge in [0.05, 0.1) is 18.6 Å². The van der Waals surface area contributed by atoms with Crippen molar-refractivity contribution in [2.24, 2.45) is 11.1 Å². The van der Waals surface area contributed by atoms with Crippen LogP contribution in [0.4, 0.5) is 0 Å². The maximum Gasteiger partial charge on any atom is 0.232 e. The molecule has 84 valence electrons. The molecule has 1 fully saturated rings. The Bertz CT molecular complexity index is 290. The summed E-state index contributed by atoms with van der Waals surface area (Å²) in [5.74, 6) is 0.136. The molecule has 4 nitrogen and oxygen atoms in total. The van der Waals surface area contributed by atoms with Gasteiger partial charge in [-0.25, -0.2) is 0 Å². The van der Waals surface area contributed by atoms with Crippen LogP contribution < -0.4 is 5.73 Å². The zero-order valence-corrected chi connectivity index (χ0v) is 9.11. The predicted molar refractivity (Wildman–Crippen MR) is 57.2 cm³/mol. The number of carbonyl (C=O) groups is 1. The molecule has 2 unspecified atom stereocenters. The molecule has 0 aliphatic carbocycles. The molecule has 0 bridgehead atoms. The average molecular weight is 210 g/mol. The first-order valence-corrected chi connectivity index (χ1v) is 5.42. The molecule has 0 aromatic heterocycles. The molecule has 0 aromatic carbocycles. The zero-order valence-electron chi connectivity index (χ0n) is 9.11. The molecule has 15 heavy (non-hydrogen) atoms. The highest BCUT2D eigenvalue weighted by Gasteiger charge is 2.46. The van der Waals surface area contributed by atoms with E-state index in [1.807, 2.05) is 17.9 Å². The van der Waals surface area contributed by atoms with Gasteiger partial charge in [-0.2, -0.15) is 0 Å². The van der Waals surface area contributed by atoms with Gasteiger partial charge >= 0.3 is 0 Å². The van der Waals surface area contributed by atoms with Crippen LogP contribution in [0.25, 0.3) is 0 Å². The summed E-state index contributed by atoms with van der Waals surface area (Å²) in [7, 11) is 0. The number of nitrogens with zero attached hydrogens (tertiary/aromatic N) is 1. The maximum absolute atomic E-state index is 12.3. The van der Waals surface area contributed by atoms with Crippen LogP contribution in [0.3, 0.4) is 0 Å². The molecular weight excluding hydrogens is 192 g/mol. The van der Waals surface area contributed by atoms with Crippen LogP contribution in [-0.2, 0) is 9.53 Å². The highest BCUT2D eigenvalue weighted by atomic mass is 16.5. The van der Waals surface area contributed by atoms with Crippen LogP contribution in [0.1, 0.15) is 13.3 Å². The fourth-order valence-corrected chi connectivity index (χ4v) is 2.10. The van der Waals surface area contributed by atoms with Gasteiger partial charge in [-0.05, 0) is 13.3 Å². The number of ether oxygens (including phenoxy) is 1. The smallest absolute Gasteiger partial charge is 0.232 e. The highest BCUT2D eigenvalue weighted by Crippen LogP contribution is 2.29. The van der Waals surface area contributed by atoms with E-state index in [9.17, 15) is 4.79 Å². The topological polar surface area (TPSA) is 55.6 Å². The number of hydrogen-bond donors (Lipinski definition) is 1. The SMILES string of the molecule is CC1(C(=O)N2CC=CCC2)COCC1N. The van der Waals surface area contributed by atoms with E-state index >= 15 is 0 Å². The van der Waals surface area contributed by atoms with Crippen molar-refractivity contribution in [3.05, 3.63) is 12.2 Å². The molecule has 2 atom stereocenters. The van der Waals surface area contributed by atoms with Crippen molar-refractivity contribution in [3.8, 4) is 0 Å². The second-order valence-electron chi connectivity index (χ2n) is 4.55. The van der Waals surface area contributed by atoms with Crippen molar-refractivity contribution in [2.75, 3.05) is 26.3 Å². The quantitative estimate of drug-likeness (QED) is 0.626. The summed E-state index contributed by atoms with van der Waals surface area (Å²) in [6, 6.07) is -0.170. The van der Waals surface area contributed by atoms with Gasteiger partial charge in [-0.1, -0.05) is 12.2 Å². The maximum atomic E-state index is 12.3. The lowest BCUT2D eigenvalue weighted by Crippen LogP contribution is -2.52. The Kier molecular flexibility index (Phi) is 2.80. The van der Waals surface area contributed by atoms with E-state index in [4.69, 9.17) is 10.5 Å². The Morgan fingerprint density at radius 2 is 2.40 bits per heavy atom. The minimum atomic E-state index is -0.523. The summed E-state index contributed by atoms with van der Waals surface area (Å²) in [5.41, 5.74) is 5.41. The third-order valence-corrected chi connectivity index (χ3v) is 3.35. The summed E-state index contributed by atoms with van der Waals surface area (Å²) in [4.78, 5) is 14.1. The lowest BCUT2D eigenvalue weighted by atomic mass is 9.84. The number of hydrogen-bond acceptors (Lipinski definition) is 3. The summed E-state index contributed by atoms with van der Waals surface area (Å²) >= 11 is 0. The Hall–Kier alpha value is -0.870. The van der Waals surface area contributed by atoms with E-state index in [-0.39, 0.29) is 11.9 Å². The predicted octanol–water partition coefficient (Wildman–Crippen LogP) is 0.139. The Balaban J connectivity index is 2.09. The van der Waals surface area contributed by atoms with Crippen molar-refractivity contribution in [3.63, 3.8) is 0 Å². The number of carbonyl (C=O) groups excluding carboxylic acids is 1. The van der Waals surface area contributed by atoms with Gasteiger partial charge in [0.25, 0.3) is 0 Å². The van der Waals surface area contributed by atoms with Crippen molar-refractivity contribution >= 4 is 5.91 Å². The van der Waals surface area contributed by atoms with E-state index in [2.05, 4.69) is 6.08 Å². The zero-order chi connectivity index (χ0) is 10.9. The number of amides is 1. The first-order valence-electron chi connectivity index (χ1n) is 5.42. The van der Waals surface area contributed by atoms with Gasteiger partial charge in [-0.3, -0.25) is 4.79 Å². The van der Waals surface area contributed by atoms with E-state index in [1.54, 1.807) is 0 Å². The third kappa shape index (κ3) is 1.79. The minimum absolute atomic E-state index is 0.136. The summed E-state index contributed by atoms with van der Waals surface area (Å²) < 4.78 is 5.29. The van der Waals surface area contributed by atoms with Crippen molar-refractivity contribution in [1.82, 2.24) is 4.90 Å².